The molecule has 4 rings (SSSR count). The fraction of sp³-hybridized carbons (Fsp3) is 0.667. The minimum atomic E-state index is 0.291. The fourth-order valence-electron chi connectivity index (χ4n) is 5.20. The topological polar surface area (TPSA) is 26.0 Å². The second kappa shape index (κ2) is 4.09. The van der Waals surface area contributed by atoms with E-state index in [0.29, 0.717) is 12.0 Å². The summed E-state index contributed by atoms with van der Waals surface area (Å²) in [5, 5.41) is 0. The monoisotopic (exact) mass is 255 g/mol. The van der Waals surface area contributed by atoms with Gasteiger partial charge in [-0.3, -0.25) is 0 Å². The highest BCUT2D eigenvalue weighted by atomic mass is 14.8. The molecule has 2 bridgehead atoms. The average molecular weight is 255 g/mol. The molecule has 1 heteroatoms. The first-order chi connectivity index (χ1) is 9.16. The Morgan fingerprint density at radius 1 is 0.947 bits per heavy atom. The van der Waals surface area contributed by atoms with Crippen molar-refractivity contribution in [1.29, 1.82) is 0 Å². The zero-order valence-corrected chi connectivity index (χ0v) is 12.0. The van der Waals surface area contributed by atoms with Crippen molar-refractivity contribution in [3.8, 4) is 0 Å². The summed E-state index contributed by atoms with van der Waals surface area (Å²) >= 11 is 0. The largest absolute Gasteiger partial charge is 0.324 e. The van der Waals surface area contributed by atoms with Gasteiger partial charge in [0.15, 0.2) is 0 Å². The maximum atomic E-state index is 6.57. The first kappa shape index (κ1) is 12.0. The second-order valence-electron chi connectivity index (χ2n) is 7.41. The van der Waals surface area contributed by atoms with Crippen molar-refractivity contribution in [2.45, 2.75) is 45.1 Å². The molecular formula is C18H25N. The Morgan fingerprint density at radius 3 is 2.00 bits per heavy atom. The highest BCUT2D eigenvalue weighted by Crippen LogP contribution is 2.71. The molecule has 0 radical (unpaired) electrons. The lowest BCUT2D eigenvalue weighted by Gasteiger charge is -2.17. The smallest absolute Gasteiger partial charge is 0.0329 e. The summed E-state index contributed by atoms with van der Waals surface area (Å²) in [6.07, 6.45) is 4.49. The van der Waals surface area contributed by atoms with Crippen molar-refractivity contribution in [2.75, 3.05) is 0 Å². The summed E-state index contributed by atoms with van der Waals surface area (Å²) < 4.78 is 0. The van der Waals surface area contributed by atoms with Crippen LogP contribution in [0.2, 0.25) is 0 Å². The maximum absolute atomic E-state index is 6.57. The van der Waals surface area contributed by atoms with Crippen molar-refractivity contribution >= 4 is 0 Å². The molecule has 0 spiro atoms. The van der Waals surface area contributed by atoms with Gasteiger partial charge in [0.25, 0.3) is 0 Å². The summed E-state index contributed by atoms with van der Waals surface area (Å²) in [6, 6.07) is 9.38. The molecular weight excluding hydrogens is 230 g/mol. The van der Waals surface area contributed by atoms with Crippen LogP contribution in [0.3, 0.4) is 0 Å². The van der Waals surface area contributed by atoms with E-state index in [2.05, 4.69) is 38.1 Å². The molecule has 1 aromatic rings. The molecule has 5 atom stereocenters. The quantitative estimate of drug-likeness (QED) is 0.864. The molecule has 0 amide bonds. The van der Waals surface area contributed by atoms with Crippen LogP contribution in [0.5, 0.6) is 0 Å². The van der Waals surface area contributed by atoms with Crippen LogP contribution in [0.4, 0.5) is 0 Å². The molecule has 0 saturated heterocycles. The normalized spacial score (nSPS) is 40.5. The van der Waals surface area contributed by atoms with E-state index in [1.54, 1.807) is 0 Å². The SMILES string of the molecule is CC(C)c1ccc(C(N)C2C3C4CCC(C4)C32)cc1. The van der Waals surface area contributed by atoms with Gasteiger partial charge in [0.1, 0.15) is 0 Å². The van der Waals surface area contributed by atoms with Gasteiger partial charge in [0, 0.05) is 6.04 Å². The molecule has 3 aliphatic carbocycles. The van der Waals surface area contributed by atoms with Crippen molar-refractivity contribution in [1.82, 2.24) is 0 Å². The number of nitrogens with two attached hydrogens (primary N) is 1. The summed E-state index contributed by atoms with van der Waals surface area (Å²) in [5.41, 5.74) is 9.36. The molecule has 3 saturated carbocycles. The predicted octanol–water partition coefficient (Wildman–Crippen LogP) is 4.10. The summed E-state index contributed by atoms with van der Waals surface area (Å²) in [5.74, 6) is 5.44. The van der Waals surface area contributed by atoms with Crippen molar-refractivity contribution in [3.63, 3.8) is 0 Å². The third-order valence-electron chi connectivity index (χ3n) is 6.20. The standard InChI is InChI=1S/C18H25N/c1-10(2)11-3-5-12(6-4-11)18(19)17-15-13-7-8-14(9-13)16(15)17/h3-6,10,13-18H,7-9,19H2,1-2H3. The lowest BCUT2D eigenvalue weighted by Crippen LogP contribution is -2.17. The number of fused-ring (bicyclic) bond motifs is 5. The van der Waals surface area contributed by atoms with E-state index in [1.165, 1.54) is 30.4 Å². The maximum Gasteiger partial charge on any atom is 0.0329 e. The Balaban J connectivity index is 1.51. The third-order valence-corrected chi connectivity index (χ3v) is 6.20. The Morgan fingerprint density at radius 2 is 1.47 bits per heavy atom. The number of hydrogen-bond donors (Lipinski definition) is 1. The van der Waals surface area contributed by atoms with E-state index < -0.39 is 0 Å². The second-order valence-corrected chi connectivity index (χ2v) is 7.41. The van der Waals surface area contributed by atoms with E-state index in [4.69, 9.17) is 5.73 Å². The minimum absolute atomic E-state index is 0.291. The molecule has 5 unspecified atom stereocenters. The van der Waals surface area contributed by atoms with Crippen LogP contribution in [0.1, 0.15) is 56.2 Å². The minimum Gasteiger partial charge on any atom is -0.324 e. The van der Waals surface area contributed by atoms with E-state index in [9.17, 15) is 0 Å². The lowest BCUT2D eigenvalue weighted by atomic mass is 9.92. The van der Waals surface area contributed by atoms with Gasteiger partial charge in [-0.1, -0.05) is 38.1 Å². The number of rotatable bonds is 3. The van der Waals surface area contributed by atoms with Gasteiger partial charge >= 0.3 is 0 Å². The van der Waals surface area contributed by atoms with E-state index in [1.807, 2.05) is 0 Å². The molecule has 102 valence electrons. The van der Waals surface area contributed by atoms with Crippen LogP contribution in [-0.2, 0) is 0 Å². The average Bonchev–Trinajstić information content (AvgIpc) is 2.85. The van der Waals surface area contributed by atoms with E-state index in [0.717, 1.165) is 29.6 Å². The van der Waals surface area contributed by atoms with Crippen LogP contribution in [0, 0.1) is 29.6 Å². The fourth-order valence-corrected chi connectivity index (χ4v) is 5.20. The van der Waals surface area contributed by atoms with Gasteiger partial charge < -0.3 is 5.73 Å². The summed E-state index contributed by atoms with van der Waals surface area (Å²) in [6.45, 7) is 4.50. The van der Waals surface area contributed by atoms with Crippen molar-refractivity contribution in [3.05, 3.63) is 35.4 Å². The van der Waals surface area contributed by atoms with Crippen molar-refractivity contribution < 1.29 is 0 Å². The molecule has 1 aromatic carbocycles. The van der Waals surface area contributed by atoms with Gasteiger partial charge in [-0.25, -0.2) is 0 Å². The molecule has 2 N–H and O–H groups in total. The van der Waals surface area contributed by atoms with Crippen LogP contribution in [0.15, 0.2) is 24.3 Å². The predicted molar refractivity (Wildman–Crippen MR) is 78.8 cm³/mol. The molecule has 0 heterocycles. The molecule has 19 heavy (non-hydrogen) atoms. The van der Waals surface area contributed by atoms with E-state index in [-0.39, 0.29) is 0 Å². The highest BCUT2D eigenvalue weighted by molar-refractivity contribution is 5.30. The van der Waals surface area contributed by atoms with Gasteiger partial charge in [-0.15, -0.1) is 0 Å². The van der Waals surface area contributed by atoms with Crippen LogP contribution < -0.4 is 5.73 Å². The zero-order valence-electron chi connectivity index (χ0n) is 12.0. The van der Waals surface area contributed by atoms with E-state index >= 15 is 0 Å². The first-order valence-electron chi connectivity index (χ1n) is 8.02. The zero-order chi connectivity index (χ0) is 13.1. The van der Waals surface area contributed by atoms with Crippen LogP contribution >= 0.6 is 0 Å². The summed E-state index contributed by atoms with van der Waals surface area (Å²) in [7, 11) is 0. The first-order valence-corrected chi connectivity index (χ1v) is 8.02. The van der Waals surface area contributed by atoms with Crippen LogP contribution in [0.25, 0.3) is 0 Å². The molecule has 0 aromatic heterocycles. The Hall–Kier alpha value is -0.820. The molecule has 3 fully saturated rings. The van der Waals surface area contributed by atoms with Gasteiger partial charge in [-0.05, 0) is 65.9 Å². The molecule has 0 aliphatic heterocycles. The van der Waals surface area contributed by atoms with Crippen LogP contribution in [-0.4, -0.2) is 0 Å². The Labute approximate surface area is 116 Å². The summed E-state index contributed by atoms with van der Waals surface area (Å²) in [4.78, 5) is 0. The number of benzene rings is 1. The van der Waals surface area contributed by atoms with Gasteiger partial charge in [-0.2, -0.15) is 0 Å². The Bertz CT molecular complexity index is 459. The van der Waals surface area contributed by atoms with Gasteiger partial charge in [0.05, 0.1) is 0 Å². The molecule has 3 aliphatic rings. The highest BCUT2D eigenvalue weighted by Gasteiger charge is 2.66. The third kappa shape index (κ3) is 1.71. The molecule has 1 nitrogen and oxygen atoms in total. The van der Waals surface area contributed by atoms with Gasteiger partial charge in [0.2, 0.25) is 0 Å². The lowest BCUT2D eigenvalue weighted by molar-refractivity contribution is 0.417. The number of hydrogen-bond acceptors (Lipinski definition) is 1. The van der Waals surface area contributed by atoms with Crippen molar-refractivity contribution in [2.24, 2.45) is 35.3 Å². The Kier molecular flexibility index (Phi) is 2.57.